The van der Waals surface area contributed by atoms with Crippen molar-refractivity contribution in [2.24, 2.45) is 0 Å². The maximum Gasteiger partial charge on any atom is 0.230 e. The molecule has 0 saturated heterocycles. The van der Waals surface area contributed by atoms with Crippen LogP contribution in [-0.2, 0) is 11.2 Å². The number of anilines is 1. The zero-order valence-electron chi connectivity index (χ0n) is 10.1. The highest BCUT2D eigenvalue weighted by Crippen LogP contribution is 2.13. The van der Waals surface area contributed by atoms with Gasteiger partial charge in [0, 0.05) is 11.5 Å². The largest absolute Gasteiger partial charge is 0.497 e. The predicted octanol–water partition coefficient (Wildman–Crippen LogP) is 2.04. The topological polar surface area (TPSA) is 64.1 Å². The molecule has 0 aliphatic rings. The summed E-state index contributed by atoms with van der Waals surface area (Å²) in [4.78, 5) is 15.8. The van der Waals surface area contributed by atoms with Gasteiger partial charge in [-0.1, -0.05) is 12.1 Å². The number of amides is 1. The molecular formula is C12H13N3O2S. The van der Waals surface area contributed by atoms with E-state index in [2.05, 4.69) is 14.7 Å². The molecule has 0 radical (unpaired) electrons. The van der Waals surface area contributed by atoms with Crippen molar-refractivity contribution in [2.75, 3.05) is 12.4 Å². The molecular weight excluding hydrogens is 250 g/mol. The SMILES string of the molecule is COc1ccc(CC(=O)Nc2nc(C)ns2)cc1. The summed E-state index contributed by atoms with van der Waals surface area (Å²) in [5.41, 5.74) is 0.925. The van der Waals surface area contributed by atoms with E-state index >= 15 is 0 Å². The predicted molar refractivity (Wildman–Crippen MR) is 70.0 cm³/mol. The molecule has 1 aromatic heterocycles. The number of nitrogens with zero attached hydrogens (tertiary/aromatic N) is 2. The third-order valence-electron chi connectivity index (χ3n) is 2.30. The molecule has 0 fully saturated rings. The van der Waals surface area contributed by atoms with Crippen LogP contribution in [0.25, 0.3) is 0 Å². The molecule has 6 heteroatoms. The maximum absolute atomic E-state index is 11.7. The van der Waals surface area contributed by atoms with Crippen LogP contribution in [-0.4, -0.2) is 22.4 Å². The van der Waals surface area contributed by atoms with Gasteiger partial charge in [0.05, 0.1) is 13.5 Å². The van der Waals surface area contributed by atoms with Crippen molar-refractivity contribution in [3.05, 3.63) is 35.7 Å². The van der Waals surface area contributed by atoms with E-state index < -0.39 is 0 Å². The number of carbonyl (C=O) groups excluding carboxylic acids is 1. The minimum Gasteiger partial charge on any atom is -0.497 e. The van der Waals surface area contributed by atoms with Crippen molar-refractivity contribution in [1.82, 2.24) is 9.36 Å². The Kier molecular flexibility index (Phi) is 3.88. The first-order valence-electron chi connectivity index (χ1n) is 5.40. The molecule has 0 spiro atoms. The summed E-state index contributed by atoms with van der Waals surface area (Å²) in [6.07, 6.45) is 0.308. The molecule has 1 aromatic carbocycles. The van der Waals surface area contributed by atoms with Crippen LogP contribution in [0.2, 0.25) is 0 Å². The van der Waals surface area contributed by atoms with Crippen LogP contribution in [0, 0.1) is 6.92 Å². The molecule has 2 rings (SSSR count). The molecule has 94 valence electrons. The van der Waals surface area contributed by atoms with Gasteiger partial charge >= 0.3 is 0 Å². The van der Waals surface area contributed by atoms with E-state index in [0.717, 1.165) is 11.3 Å². The Balaban J connectivity index is 1.94. The number of hydrogen-bond acceptors (Lipinski definition) is 5. The van der Waals surface area contributed by atoms with E-state index in [1.807, 2.05) is 24.3 Å². The van der Waals surface area contributed by atoms with Gasteiger partial charge in [0.2, 0.25) is 11.0 Å². The quantitative estimate of drug-likeness (QED) is 0.916. The first kappa shape index (κ1) is 12.5. The second-order valence-electron chi connectivity index (χ2n) is 3.72. The summed E-state index contributed by atoms with van der Waals surface area (Å²) in [5.74, 6) is 1.34. The monoisotopic (exact) mass is 263 g/mol. The Morgan fingerprint density at radius 2 is 2.11 bits per heavy atom. The third-order valence-corrected chi connectivity index (χ3v) is 3.02. The van der Waals surface area contributed by atoms with Crippen molar-refractivity contribution in [3.8, 4) is 5.75 Å². The molecule has 18 heavy (non-hydrogen) atoms. The fourth-order valence-corrected chi connectivity index (χ4v) is 2.03. The van der Waals surface area contributed by atoms with Gasteiger partial charge in [0.25, 0.3) is 0 Å². The van der Waals surface area contributed by atoms with E-state index in [1.165, 1.54) is 11.5 Å². The van der Waals surface area contributed by atoms with Gasteiger partial charge in [-0.2, -0.15) is 4.37 Å². The van der Waals surface area contributed by atoms with Crippen LogP contribution in [0.15, 0.2) is 24.3 Å². The van der Waals surface area contributed by atoms with E-state index in [1.54, 1.807) is 14.0 Å². The first-order chi connectivity index (χ1) is 8.67. The lowest BCUT2D eigenvalue weighted by Crippen LogP contribution is -2.14. The van der Waals surface area contributed by atoms with E-state index in [9.17, 15) is 4.79 Å². The molecule has 0 bridgehead atoms. The number of methoxy groups -OCH3 is 1. The van der Waals surface area contributed by atoms with Gasteiger partial charge in [-0.15, -0.1) is 0 Å². The second kappa shape index (κ2) is 5.59. The first-order valence-corrected chi connectivity index (χ1v) is 6.18. The number of ether oxygens (including phenoxy) is 1. The summed E-state index contributed by atoms with van der Waals surface area (Å²) in [5, 5.41) is 3.25. The normalized spacial score (nSPS) is 10.1. The average molecular weight is 263 g/mol. The number of carbonyl (C=O) groups is 1. The Labute approximate surface area is 109 Å². The molecule has 0 saturated carbocycles. The fraction of sp³-hybridized carbons (Fsp3) is 0.250. The van der Waals surface area contributed by atoms with Crippen LogP contribution in [0.5, 0.6) is 5.75 Å². The van der Waals surface area contributed by atoms with Crippen molar-refractivity contribution in [1.29, 1.82) is 0 Å². The zero-order valence-corrected chi connectivity index (χ0v) is 11.0. The summed E-state index contributed by atoms with van der Waals surface area (Å²) in [6.45, 7) is 1.79. The second-order valence-corrected chi connectivity index (χ2v) is 4.47. The molecule has 0 atom stereocenters. The van der Waals surface area contributed by atoms with E-state index in [4.69, 9.17) is 4.74 Å². The van der Waals surface area contributed by atoms with Crippen LogP contribution in [0.4, 0.5) is 5.13 Å². The Bertz CT molecular complexity index is 537. The minimum absolute atomic E-state index is 0.101. The van der Waals surface area contributed by atoms with Crippen LogP contribution in [0.3, 0.4) is 0 Å². The number of aromatic nitrogens is 2. The van der Waals surface area contributed by atoms with E-state index in [0.29, 0.717) is 17.4 Å². The lowest BCUT2D eigenvalue weighted by Gasteiger charge is -2.03. The molecule has 2 aromatic rings. The Morgan fingerprint density at radius 1 is 1.39 bits per heavy atom. The lowest BCUT2D eigenvalue weighted by molar-refractivity contribution is -0.115. The maximum atomic E-state index is 11.7. The van der Waals surface area contributed by atoms with Crippen molar-refractivity contribution >= 4 is 22.6 Å². The molecule has 0 unspecified atom stereocenters. The standard InChI is InChI=1S/C12H13N3O2S/c1-8-13-12(18-15-8)14-11(16)7-9-3-5-10(17-2)6-4-9/h3-6H,7H2,1-2H3,(H,13,14,15,16). The van der Waals surface area contributed by atoms with Crippen molar-refractivity contribution in [3.63, 3.8) is 0 Å². The third kappa shape index (κ3) is 3.27. The van der Waals surface area contributed by atoms with Gasteiger partial charge in [-0.3, -0.25) is 4.79 Å². The van der Waals surface area contributed by atoms with E-state index in [-0.39, 0.29) is 5.91 Å². The number of benzene rings is 1. The Hall–Kier alpha value is -1.95. The van der Waals surface area contributed by atoms with Crippen LogP contribution >= 0.6 is 11.5 Å². The van der Waals surface area contributed by atoms with Gasteiger partial charge < -0.3 is 10.1 Å². The minimum atomic E-state index is -0.101. The zero-order chi connectivity index (χ0) is 13.0. The molecule has 1 amide bonds. The molecule has 0 aliphatic carbocycles. The number of nitrogens with one attached hydrogen (secondary N) is 1. The number of hydrogen-bond donors (Lipinski definition) is 1. The highest BCUT2D eigenvalue weighted by Gasteiger charge is 2.07. The van der Waals surface area contributed by atoms with Gasteiger partial charge in [-0.05, 0) is 24.6 Å². The summed E-state index contributed by atoms with van der Waals surface area (Å²) < 4.78 is 9.05. The van der Waals surface area contributed by atoms with Crippen molar-refractivity contribution in [2.45, 2.75) is 13.3 Å². The van der Waals surface area contributed by atoms with Crippen LogP contribution in [0.1, 0.15) is 11.4 Å². The highest BCUT2D eigenvalue weighted by atomic mass is 32.1. The summed E-state index contributed by atoms with van der Waals surface area (Å²) >= 11 is 1.18. The molecule has 1 heterocycles. The van der Waals surface area contributed by atoms with Crippen LogP contribution < -0.4 is 10.1 Å². The Morgan fingerprint density at radius 3 is 2.67 bits per heavy atom. The van der Waals surface area contributed by atoms with Gasteiger partial charge in [0.15, 0.2) is 0 Å². The molecule has 0 aliphatic heterocycles. The smallest absolute Gasteiger partial charge is 0.230 e. The van der Waals surface area contributed by atoms with Gasteiger partial charge in [0.1, 0.15) is 11.6 Å². The number of rotatable bonds is 4. The fourth-order valence-electron chi connectivity index (χ4n) is 1.44. The summed E-state index contributed by atoms with van der Waals surface area (Å²) in [6, 6.07) is 7.39. The molecule has 1 N–H and O–H groups in total. The van der Waals surface area contributed by atoms with Crippen molar-refractivity contribution < 1.29 is 9.53 Å². The van der Waals surface area contributed by atoms with Gasteiger partial charge in [-0.25, -0.2) is 4.98 Å². The number of aryl methyl sites for hydroxylation is 1. The summed E-state index contributed by atoms with van der Waals surface area (Å²) in [7, 11) is 1.61. The molecule has 5 nitrogen and oxygen atoms in total. The lowest BCUT2D eigenvalue weighted by atomic mass is 10.1. The highest BCUT2D eigenvalue weighted by molar-refractivity contribution is 7.09. The average Bonchev–Trinajstić information content (AvgIpc) is 2.75.